The minimum absolute atomic E-state index is 0.133. The molecule has 1 aromatic carbocycles. The summed E-state index contributed by atoms with van der Waals surface area (Å²) < 4.78 is 32.3. The Kier molecular flexibility index (Phi) is 8.06. The van der Waals surface area contributed by atoms with E-state index >= 15 is 0 Å². The summed E-state index contributed by atoms with van der Waals surface area (Å²) in [5, 5.41) is 0. The first kappa shape index (κ1) is 18.6. The van der Waals surface area contributed by atoms with E-state index in [0.29, 0.717) is 0 Å². The first-order valence-corrected chi connectivity index (χ1v) is 8.39. The minimum Gasteiger partial charge on any atom is -0.467 e. The van der Waals surface area contributed by atoms with Gasteiger partial charge in [-0.1, -0.05) is 36.4 Å². The lowest BCUT2D eigenvalue weighted by molar-refractivity contribution is -0.147. The third-order valence-corrected chi connectivity index (χ3v) is 4.15. The molecular weight excluding hydrogens is 307 g/mol. The largest absolute Gasteiger partial charge is 0.475 e. The van der Waals surface area contributed by atoms with Crippen molar-refractivity contribution in [3.8, 4) is 0 Å². The van der Waals surface area contributed by atoms with Crippen molar-refractivity contribution in [1.82, 2.24) is 0 Å². The van der Waals surface area contributed by atoms with Crippen LogP contribution in [0.1, 0.15) is 19.4 Å². The summed E-state index contributed by atoms with van der Waals surface area (Å²) in [4.78, 5) is 11.8. The number of carbonyl (C=O) groups is 1. The molecule has 0 spiro atoms. The summed E-state index contributed by atoms with van der Waals surface area (Å²) >= 11 is 0. The molecule has 0 saturated carbocycles. The highest BCUT2D eigenvalue weighted by Crippen LogP contribution is 2.50. The molecule has 0 amide bonds. The van der Waals surface area contributed by atoms with E-state index in [2.05, 4.69) is 4.74 Å². The molecule has 0 aliphatic carbocycles. The second-order valence-corrected chi connectivity index (χ2v) is 5.72. The van der Waals surface area contributed by atoms with Gasteiger partial charge in [0.15, 0.2) is 6.10 Å². The van der Waals surface area contributed by atoms with Crippen molar-refractivity contribution >= 4 is 19.9 Å². The van der Waals surface area contributed by atoms with E-state index in [0.717, 1.165) is 5.56 Å². The first-order valence-electron chi connectivity index (χ1n) is 6.93. The van der Waals surface area contributed by atoms with Gasteiger partial charge in [0, 0.05) is 0 Å². The lowest BCUT2D eigenvalue weighted by Gasteiger charge is -2.19. The number of phosphoric acid groups is 1. The summed E-state index contributed by atoms with van der Waals surface area (Å²) in [5.41, 5.74) is 0.864. The molecule has 0 bridgehead atoms. The van der Waals surface area contributed by atoms with Crippen LogP contribution in [0.15, 0.2) is 36.4 Å². The standard InChI is InChI=1S/C15H21O6P/c1-4-19-22(17,20-5-2)21-14(15(16)18-3)12-11-13-9-7-6-8-10-13/h6-12,14H,4-5H2,1-3H3/b12-11+. The van der Waals surface area contributed by atoms with Gasteiger partial charge in [0.25, 0.3) is 0 Å². The molecule has 7 heteroatoms. The number of phosphoric ester groups is 1. The second-order valence-electron chi connectivity index (χ2n) is 4.10. The molecule has 0 aromatic heterocycles. The minimum atomic E-state index is -3.82. The van der Waals surface area contributed by atoms with Crippen LogP contribution in [-0.2, 0) is 27.7 Å². The Morgan fingerprint density at radius 3 is 2.27 bits per heavy atom. The Bertz CT molecular complexity index is 518. The second kappa shape index (κ2) is 9.54. The molecule has 0 heterocycles. The van der Waals surface area contributed by atoms with Crippen molar-refractivity contribution in [2.24, 2.45) is 0 Å². The molecule has 122 valence electrons. The van der Waals surface area contributed by atoms with Crippen LogP contribution in [0.4, 0.5) is 0 Å². The number of benzene rings is 1. The molecular formula is C15H21O6P. The van der Waals surface area contributed by atoms with E-state index in [4.69, 9.17) is 13.6 Å². The summed E-state index contributed by atoms with van der Waals surface area (Å²) in [6, 6.07) is 9.31. The number of rotatable bonds is 9. The maximum atomic E-state index is 12.3. The zero-order chi connectivity index (χ0) is 16.4. The summed E-state index contributed by atoms with van der Waals surface area (Å²) in [7, 11) is -2.59. The van der Waals surface area contributed by atoms with E-state index in [1.165, 1.54) is 13.2 Å². The Morgan fingerprint density at radius 2 is 1.77 bits per heavy atom. The van der Waals surface area contributed by atoms with Crippen LogP contribution in [0.5, 0.6) is 0 Å². The Labute approximate surface area is 130 Å². The number of hydrogen-bond donors (Lipinski definition) is 0. The number of methoxy groups -OCH3 is 1. The zero-order valence-electron chi connectivity index (χ0n) is 12.9. The molecule has 6 nitrogen and oxygen atoms in total. The van der Waals surface area contributed by atoms with E-state index in [1.54, 1.807) is 19.9 Å². The van der Waals surface area contributed by atoms with Crippen LogP contribution in [0.25, 0.3) is 6.08 Å². The third-order valence-electron chi connectivity index (χ3n) is 2.51. The van der Waals surface area contributed by atoms with Gasteiger partial charge >= 0.3 is 13.8 Å². The van der Waals surface area contributed by atoms with Crippen molar-refractivity contribution < 1.29 is 27.7 Å². The first-order chi connectivity index (χ1) is 10.5. The van der Waals surface area contributed by atoms with Crippen LogP contribution in [0, 0.1) is 0 Å². The molecule has 0 saturated heterocycles. The molecule has 1 atom stereocenters. The highest BCUT2D eigenvalue weighted by molar-refractivity contribution is 7.48. The van der Waals surface area contributed by atoms with Gasteiger partial charge in [-0.2, -0.15) is 0 Å². The molecule has 1 aromatic rings. The molecule has 0 fully saturated rings. The maximum absolute atomic E-state index is 12.3. The Balaban J connectivity index is 2.90. The van der Waals surface area contributed by atoms with Gasteiger partial charge in [-0.25, -0.2) is 9.36 Å². The molecule has 1 unspecified atom stereocenters. The normalized spacial score (nSPS) is 13.2. The predicted molar refractivity (Wildman–Crippen MR) is 83.2 cm³/mol. The van der Waals surface area contributed by atoms with Crippen molar-refractivity contribution in [1.29, 1.82) is 0 Å². The van der Waals surface area contributed by atoms with Crippen molar-refractivity contribution in [3.05, 3.63) is 42.0 Å². The molecule has 0 N–H and O–H groups in total. The summed E-state index contributed by atoms with van der Waals surface area (Å²) in [6.07, 6.45) is 1.93. The highest BCUT2D eigenvalue weighted by Gasteiger charge is 2.32. The van der Waals surface area contributed by atoms with Crippen LogP contribution in [0.2, 0.25) is 0 Å². The van der Waals surface area contributed by atoms with Gasteiger partial charge in [0.1, 0.15) is 0 Å². The number of ether oxygens (including phenoxy) is 1. The fourth-order valence-electron chi connectivity index (χ4n) is 1.59. The fourth-order valence-corrected chi connectivity index (χ4v) is 2.85. The van der Waals surface area contributed by atoms with E-state index in [1.807, 2.05) is 30.3 Å². The van der Waals surface area contributed by atoms with Crippen molar-refractivity contribution in [3.63, 3.8) is 0 Å². The quantitative estimate of drug-likeness (QED) is 0.511. The van der Waals surface area contributed by atoms with Gasteiger partial charge in [-0.15, -0.1) is 0 Å². The molecule has 22 heavy (non-hydrogen) atoms. The van der Waals surface area contributed by atoms with Crippen LogP contribution in [-0.4, -0.2) is 32.4 Å². The maximum Gasteiger partial charge on any atom is 0.475 e. The molecule has 0 radical (unpaired) electrons. The van der Waals surface area contributed by atoms with E-state index in [9.17, 15) is 9.36 Å². The van der Waals surface area contributed by atoms with E-state index in [-0.39, 0.29) is 13.2 Å². The van der Waals surface area contributed by atoms with Crippen LogP contribution >= 0.6 is 7.82 Å². The Morgan fingerprint density at radius 1 is 1.18 bits per heavy atom. The highest BCUT2D eigenvalue weighted by atomic mass is 31.2. The Hall–Kier alpha value is -1.46. The summed E-state index contributed by atoms with van der Waals surface area (Å²) in [6.45, 7) is 3.57. The van der Waals surface area contributed by atoms with Gasteiger partial charge in [0.05, 0.1) is 20.3 Å². The monoisotopic (exact) mass is 328 g/mol. The summed E-state index contributed by atoms with van der Waals surface area (Å²) in [5.74, 6) is -0.688. The van der Waals surface area contributed by atoms with E-state index < -0.39 is 19.9 Å². The van der Waals surface area contributed by atoms with Gasteiger partial charge in [0.2, 0.25) is 0 Å². The van der Waals surface area contributed by atoms with Gasteiger partial charge in [-0.3, -0.25) is 13.6 Å². The number of esters is 1. The van der Waals surface area contributed by atoms with Crippen LogP contribution < -0.4 is 0 Å². The predicted octanol–water partition coefficient (Wildman–Crippen LogP) is 3.44. The topological polar surface area (TPSA) is 71.1 Å². The average molecular weight is 328 g/mol. The fraction of sp³-hybridized carbons (Fsp3) is 0.400. The van der Waals surface area contributed by atoms with Gasteiger partial charge < -0.3 is 4.74 Å². The molecule has 0 aliphatic rings. The average Bonchev–Trinajstić information content (AvgIpc) is 2.52. The van der Waals surface area contributed by atoms with Crippen LogP contribution in [0.3, 0.4) is 0 Å². The SMILES string of the molecule is CCOP(=O)(OCC)OC(/C=C/c1ccccc1)C(=O)OC. The van der Waals surface area contributed by atoms with Crippen molar-refractivity contribution in [2.45, 2.75) is 20.0 Å². The molecule has 0 aliphatic heterocycles. The number of hydrogen-bond acceptors (Lipinski definition) is 6. The van der Waals surface area contributed by atoms with Gasteiger partial charge in [-0.05, 0) is 25.5 Å². The number of carbonyl (C=O) groups excluding carboxylic acids is 1. The lowest BCUT2D eigenvalue weighted by Crippen LogP contribution is -2.23. The zero-order valence-corrected chi connectivity index (χ0v) is 13.8. The van der Waals surface area contributed by atoms with Crippen molar-refractivity contribution in [2.75, 3.05) is 20.3 Å². The lowest BCUT2D eigenvalue weighted by atomic mass is 10.2. The smallest absolute Gasteiger partial charge is 0.467 e. The molecule has 1 rings (SSSR count). The third kappa shape index (κ3) is 6.12.